The third-order valence-electron chi connectivity index (χ3n) is 5.87. The number of oxazole rings is 1. The Balaban J connectivity index is 1.42. The molecule has 34 heavy (non-hydrogen) atoms. The Morgan fingerprint density at radius 2 is 1.68 bits per heavy atom. The number of benzene rings is 2. The van der Waals surface area contributed by atoms with Crippen molar-refractivity contribution < 1.29 is 13.6 Å². The monoisotopic (exact) mass is 458 g/mol. The van der Waals surface area contributed by atoms with Gasteiger partial charge in [-0.15, -0.1) is 0 Å². The van der Waals surface area contributed by atoms with Gasteiger partial charge < -0.3 is 14.2 Å². The molecule has 0 spiro atoms. The number of piperazine rings is 1. The normalized spacial score (nSPS) is 14.4. The standard InChI is InChI=1S/C27H27FN4O2/c1-27(2,3)21-9-4-19(5-10-21)6-13-24-30-23(18-29)26(34-24)32-16-14-31(15-17-32)25(33)20-7-11-22(28)12-8-20/h4-13H,14-17H2,1-3H3/b13-6+. The molecule has 1 aliphatic rings. The molecule has 0 unspecified atom stereocenters. The van der Waals surface area contributed by atoms with E-state index in [1.54, 1.807) is 11.0 Å². The second kappa shape index (κ2) is 9.52. The summed E-state index contributed by atoms with van der Waals surface area (Å²) in [5.41, 5.74) is 3.04. The molecule has 3 aromatic rings. The Morgan fingerprint density at radius 3 is 2.26 bits per heavy atom. The second-order valence-electron chi connectivity index (χ2n) is 9.31. The molecule has 4 rings (SSSR count). The predicted molar refractivity (Wildman–Crippen MR) is 130 cm³/mol. The topological polar surface area (TPSA) is 73.4 Å². The van der Waals surface area contributed by atoms with E-state index in [0.29, 0.717) is 43.5 Å². The van der Waals surface area contributed by atoms with E-state index in [0.717, 1.165) is 5.56 Å². The Kier molecular flexibility index (Phi) is 6.51. The molecule has 1 amide bonds. The van der Waals surface area contributed by atoms with Gasteiger partial charge in [0.25, 0.3) is 5.91 Å². The molecule has 0 aliphatic carbocycles. The van der Waals surface area contributed by atoms with Gasteiger partial charge in [0.1, 0.15) is 11.9 Å². The number of aromatic nitrogens is 1. The van der Waals surface area contributed by atoms with Crippen LogP contribution in [0.25, 0.3) is 12.2 Å². The minimum absolute atomic E-state index is 0.0923. The van der Waals surface area contributed by atoms with Gasteiger partial charge in [0, 0.05) is 37.8 Å². The van der Waals surface area contributed by atoms with Crippen LogP contribution >= 0.6 is 0 Å². The van der Waals surface area contributed by atoms with Crippen LogP contribution in [0.5, 0.6) is 0 Å². The third-order valence-corrected chi connectivity index (χ3v) is 5.87. The highest BCUT2D eigenvalue weighted by Gasteiger charge is 2.26. The first-order valence-electron chi connectivity index (χ1n) is 11.2. The lowest BCUT2D eigenvalue weighted by Crippen LogP contribution is -2.48. The van der Waals surface area contributed by atoms with Crippen LogP contribution in [-0.2, 0) is 5.41 Å². The molecule has 174 valence electrons. The highest BCUT2D eigenvalue weighted by Crippen LogP contribution is 2.26. The van der Waals surface area contributed by atoms with Gasteiger partial charge in [0.15, 0.2) is 0 Å². The average Bonchev–Trinajstić information content (AvgIpc) is 3.26. The first-order chi connectivity index (χ1) is 16.2. The SMILES string of the molecule is CC(C)(C)c1ccc(/C=C/c2nc(C#N)c(N3CCN(C(=O)c4ccc(F)cc4)CC3)o2)cc1. The van der Waals surface area contributed by atoms with Crippen LogP contribution in [0.4, 0.5) is 10.3 Å². The van der Waals surface area contributed by atoms with Gasteiger partial charge in [-0.3, -0.25) is 4.79 Å². The van der Waals surface area contributed by atoms with Crippen molar-refractivity contribution in [3.8, 4) is 6.07 Å². The predicted octanol–water partition coefficient (Wildman–Crippen LogP) is 5.12. The minimum atomic E-state index is -0.373. The minimum Gasteiger partial charge on any atom is -0.420 e. The second-order valence-corrected chi connectivity index (χ2v) is 9.31. The lowest BCUT2D eigenvalue weighted by molar-refractivity contribution is 0.0745. The zero-order chi connectivity index (χ0) is 24.3. The summed E-state index contributed by atoms with van der Waals surface area (Å²) in [7, 11) is 0. The van der Waals surface area contributed by atoms with Crippen LogP contribution in [0.1, 0.15) is 53.8 Å². The number of nitriles is 1. The number of halogens is 1. The first kappa shape index (κ1) is 23.2. The van der Waals surface area contributed by atoms with E-state index in [2.05, 4.69) is 44.0 Å². The van der Waals surface area contributed by atoms with E-state index in [4.69, 9.17) is 4.42 Å². The number of carbonyl (C=O) groups is 1. The lowest BCUT2D eigenvalue weighted by atomic mass is 9.87. The van der Waals surface area contributed by atoms with Crippen LogP contribution in [0, 0.1) is 17.1 Å². The molecule has 0 bridgehead atoms. The summed E-state index contributed by atoms with van der Waals surface area (Å²) in [6.07, 6.45) is 3.66. The maximum absolute atomic E-state index is 13.1. The van der Waals surface area contributed by atoms with Crippen molar-refractivity contribution in [2.45, 2.75) is 26.2 Å². The highest BCUT2D eigenvalue weighted by molar-refractivity contribution is 5.94. The average molecular weight is 459 g/mol. The number of hydrogen-bond donors (Lipinski definition) is 0. The Morgan fingerprint density at radius 1 is 1.03 bits per heavy atom. The van der Waals surface area contributed by atoms with Gasteiger partial charge in [-0.1, -0.05) is 45.0 Å². The maximum Gasteiger partial charge on any atom is 0.253 e. The van der Waals surface area contributed by atoms with Crippen molar-refractivity contribution in [2.24, 2.45) is 0 Å². The van der Waals surface area contributed by atoms with E-state index >= 15 is 0 Å². The van der Waals surface area contributed by atoms with E-state index in [-0.39, 0.29) is 22.8 Å². The zero-order valence-corrected chi connectivity index (χ0v) is 19.6. The third kappa shape index (κ3) is 5.18. The van der Waals surface area contributed by atoms with Crippen LogP contribution in [0.15, 0.2) is 52.9 Å². The number of amides is 1. The summed E-state index contributed by atoms with van der Waals surface area (Å²) in [5, 5.41) is 9.55. The van der Waals surface area contributed by atoms with Gasteiger partial charge in [0.2, 0.25) is 17.5 Å². The number of rotatable bonds is 4. The number of anilines is 1. The largest absolute Gasteiger partial charge is 0.420 e. The molecule has 1 saturated heterocycles. The smallest absolute Gasteiger partial charge is 0.253 e. The van der Waals surface area contributed by atoms with E-state index < -0.39 is 0 Å². The van der Waals surface area contributed by atoms with E-state index in [9.17, 15) is 14.4 Å². The molecule has 0 radical (unpaired) electrons. The van der Waals surface area contributed by atoms with Crippen molar-refractivity contribution in [3.63, 3.8) is 0 Å². The van der Waals surface area contributed by atoms with Gasteiger partial charge in [-0.25, -0.2) is 4.39 Å². The van der Waals surface area contributed by atoms with Crippen molar-refractivity contribution >= 4 is 23.9 Å². The van der Waals surface area contributed by atoms with Crippen molar-refractivity contribution in [3.05, 3.63) is 82.6 Å². The fourth-order valence-corrected chi connectivity index (χ4v) is 3.84. The lowest BCUT2D eigenvalue weighted by Gasteiger charge is -2.34. The zero-order valence-electron chi connectivity index (χ0n) is 19.6. The Labute approximate surface area is 198 Å². The molecule has 7 heteroatoms. The molecule has 2 aromatic carbocycles. The summed E-state index contributed by atoms with van der Waals surface area (Å²) >= 11 is 0. The molecule has 1 aliphatic heterocycles. The Hall–Kier alpha value is -3.92. The molecular formula is C27H27FN4O2. The molecule has 1 fully saturated rings. The quantitative estimate of drug-likeness (QED) is 0.543. The number of nitrogens with zero attached hydrogens (tertiary/aromatic N) is 4. The van der Waals surface area contributed by atoms with Crippen LogP contribution in [0.2, 0.25) is 0 Å². The molecule has 0 atom stereocenters. The molecular weight excluding hydrogens is 431 g/mol. The number of carbonyl (C=O) groups excluding carboxylic acids is 1. The molecule has 6 nitrogen and oxygen atoms in total. The van der Waals surface area contributed by atoms with Gasteiger partial charge >= 0.3 is 0 Å². The van der Waals surface area contributed by atoms with Gasteiger partial charge in [-0.2, -0.15) is 10.2 Å². The fraction of sp³-hybridized carbons (Fsp3) is 0.296. The summed E-state index contributed by atoms with van der Waals surface area (Å²) in [4.78, 5) is 20.6. The van der Waals surface area contributed by atoms with Crippen molar-refractivity contribution in [2.75, 3.05) is 31.1 Å². The molecule has 2 heterocycles. The van der Waals surface area contributed by atoms with Crippen molar-refractivity contribution in [1.82, 2.24) is 9.88 Å². The summed E-state index contributed by atoms with van der Waals surface area (Å²) < 4.78 is 19.0. The van der Waals surface area contributed by atoms with Gasteiger partial charge in [0.05, 0.1) is 0 Å². The van der Waals surface area contributed by atoms with E-state index in [1.807, 2.05) is 23.1 Å². The molecule has 1 aromatic heterocycles. The summed E-state index contributed by atoms with van der Waals surface area (Å²) in [6.45, 7) is 8.47. The maximum atomic E-state index is 13.1. The first-order valence-corrected chi connectivity index (χ1v) is 11.2. The fourth-order valence-electron chi connectivity index (χ4n) is 3.84. The summed E-state index contributed by atoms with van der Waals surface area (Å²) in [5.74, 6) is 0.261. The molecule has 0 saturated carbocycles. The van der Waals surface area contributed by atoms with Crippen molar-refractivity contribution in [1.29, 1.82) is 5.26 Å². The van der Waals surface area contributed by atoms with Crippen LogP contribution in [0.3, 0.4) is 0 Å². The van der Waals surface area contributed by atoms with E-state index in [1.165, 1.54) is 29.8 Å². The number of hydrogen-bond acceptors (Lipinski definition) is 5. The Bertz CT molecular complexity index is 1220. The summed E-state index contributed by atoms with van der Waals surface area (Å²) in [6, 6.07) is 16.0. The highest BCUT2D eigenvalue weighted by atomic mass is 19.1. The van der Waals surface area contributed by atoms with Crippen LogP contribution < -0.4 is 4.90 Å². The molecule has 0 N–H and O–H groups in total. The van der Waals surface area contributed by atoms with Gasteiger partial charge in [-0.05, 0) is 46.9 Å². The van der Waals surface area contributed by atoms with Crippen LogP contribution in [-0.4, -0.2) is 42.0 Å².